The zero-order valence-electron chi connectivity index (χ0n) is 20.1. The molecule has 0 atom stereocenters. The fourth-order valence-corrected chi connectivity index (χ4v) is 5.38. The van der Waals surface area contributed by atoms with E-state index in [2.05, 4.69) is 38.8 Å². The van der Waals surface area contributed by atoms with Gasteiger partial charge in [-0.2, -0.15) is 9.29 Å². The maximum Gasteiger partial charge on any atom is 0.266 e. The lowest BCUT2D eigenvalue weighted by Gasteiger charge is -2.40. The predicted octanol–water partition coefficient (Wildman–Crippen LogP) is 1.42. The van der Waals surface area contributed by atoms with Crippen molar-refractivity contribution < 1.29 is 17.7 Å². The predicted molar refractivity (Wildman–Crippen MR) is 126 cm³/mol. The number of ether oxygens (including phenoxy) is 1. The van der Waals surface area contributed by atoms with Gasteiger partial charge in [-0.1, -0.05) is 13.8 Å². The van der Waals surface area contributed by atoms with Gasteiger partial charge in [-0.05, 0) is 23.9 Å². The normalized spacial score (nSPS) is 20.6. The molecule has 3 aliphatic rings. The molecule has 5 rings (SSSR count). The Kier molecular flexibility index (Phi) is 6.47. The monoisotopic (exact) mass is 491 g/mol. The molecule has 2 fully saturated rings. The molecule has 0 radical (unpaired) electrons. The third-order valence-corrected chi connectivity index (χ3v) is 8.13. The largest absolute Gasteiger partial charge is 0.374 e. The average Bonchev–Trinajstić information content (AvgIpc) is 3.28. The SMILES string of the molecule is CC(C)c1nc(N2CCC(COC3CN(c4ncc5c(n4)CCN(S(C)(=O)=O)C5)C3)CC2)no1. The maximum atomic E-state index is 11.8. The highest BCUT2D eigenvalue weighted by atomic mass is 32.2. The van der Waals surface area contributed by atoms with Crippen molar-refractivity contribution in [2.24, 2.45) is 5.92 Å². The van der Waals surface area contributed by atoms with Crippen LogP contribution >= 0.6 is 0 Å². The third-order valence-electron chi connectivity index (χ3n) is 6.88. The highest BCUT2D eigenvalue weighted by Gasteiger charge is 2.32. The van der Waals surface area contributed by atoms with Crippen molar-refractivity contribution in [3.8, 4) is 0 Å². The molecule has 0 saturated carbocycles. The standard InChI is InChI=1S/C22H33N7O4S/c1-15(2)20-25-22(26-33-20)27-7-4-16(5-8-27)14-32-18-12-28(13-18)21-23-10-17-11-29(34(3,30)31)9-6-19(17)24-21/h10,15-16,18H,4-9,11-14H2,1-3H3. The minimum absolute atomic E-state index is 0.198. The van der Waals surface area contributed by atoms with E-state index in [9.17, 15) is 8.42 Å². The number of hydrogen-bond acceptors (Lipinski definition) is 10. The fraction of sp³-hybridized carbons (Fsp3) is 0.727. The average molecular weight is 492 g/mol. The second kappa shape index (κ2) is 9.38. The van der Waals surface area contributed by atoms with E-state index in [1.54, 1.807) is 6.20 Å². The molecular weight excluding hydrogens is 458 g/mol. The first kappa shape index (κ1) is 23.4. The molecule has 0 spiro atoms. The van der Waals surface area contributed by atoms with Crippen LogP contribution in [0.1, 0.15) is 49.8 Å². The van der Waals surface area contributed by atoms with Crippen LogP contribution in [-0.4, -0.2) is 84.5 Å². The molecule has 2 aromatic rings. The van der Waals surface area contributed by atoms with Gasteiger partial charge >= 0.3 is 0 Å². The van der Waals surface area contributed by atoms with Gasteiger partial charge in [-0.25, -0.2) is 18.4 Å². The Morgan fingerprint density at radius 2 is 1.88 bits per heavy atom. The van der Waals surface area contributed by atoms with Crippen LogP contribution in [0.3, 0.4) is 0 Å². The number of sulfonamides is 1. The van der Waals surface area contributed by atoms with E-state index in [4.69, 9.17) is 14.2 Å². The van der Waals surface area contributed by atoms with Gasteiger partial charge in [0.25, 0.3) is 5.95 Å². The van der Waals surface area contributed by atoms with E-state index in [1.165, 1.54) is 10.6 Å². The van der Waals surface area contributed by atoms with Gasteiger partial charge in [0.2, 0.25) is 21.9 Å². The highest BCUT2D eigenvalue weighted by molar-refractivity contribution is 7.88. The molecule has 0 aromatic carbocycles. The van der Waals surface area contributed by atoms with Gasteiger partial charge in [0, 0.05) is 63.4 Å². The molecule has 0 unspecified atom stereocenters. The third kappa shape index (κ3) is 5.03. The molecule has 34 heavy (non-hydrogen) atoms. The summed E-state index contributed by atoms with van der Waals surface area (Å²) in [5.41, 5.74) is 1.84. The minimum Gasteiger partial charge on any atom is -0.374 e. The number of anilines is 2. The van der Waals surface area contributed by atoms with Gasteiger partial charge in [-0.3, -0.25) is 0 Å². The number of aromatic nitrogens is 4. The summed E-state index contributed by atoms with van der Waals surface area (Å²) in [5, 5.41) is 4.12. The Labute approximate surface area is 200 Å². The second-order valence-electron chi connectivity index (χ2n) is 9.87. The first-order valence-corrected chi connectivity index (χ1v) is 13.9. The molecule has 5 heterocycles. The first-order chi connectivity index (χ1) is 16.3. The van der Waals surface area contributed by atoms with Crippen LogP contribution in [0.25, 0.3) is 0 Å². The van der Waals surface area contributed by atoms with E-state index in [0.717, 1.165) is 56.9 Å². The molecule has 11 nitrogen and oxygen atoms in total. The van der Waals surface area contributed by atoms with Crippen molar-refractivity contribution in [3.05, 3.63) is 23.3 Å². The molecular formula is C22H33N7O4S. The summed E-state index contributed by atoms with van der Waals surface area (Å²) < 4.78 is 36.6. The molecule has 0 amide bonds. The van der Waals surface area contributed by atoms with Gasteiger partial charge in [0.15, 0.2) is 0 Å². The summed E-state index contributed by atoms with van der Waals surface area (Å²) in [6, 6.07) is 0. The van der Waals surface area contributed by atoms with E-state index in [0.29, 0.717) is 43.2 Å². The topological polar surface area (TPSA) is 118 Å². The second-order valence-corrected chi connectivity index (χ2v) is 11.8. The van der Waals surface area contributed by atoms with Crippen molar-refractivity contribution in [2.45, 2.75) is 51.7 Å². The molecule has 0 bridgehead atoms. The quantitative estimate of drug-likeness (QED) is 0.563. The van der Waals surface area contributed by atoms with Crippen molar-refractivity contribution in [3.63, 3.8) is 0 Å². The van der Waals surface area contributed by atoms with Crippen LogP contribution in [0, 0.1) is 5.92 Å². The van der Waals surface area contributed by atoms with Gasteiger partial charge < -0.3 is 19.1 Å². The van der Waals surface area contributed by atoms with E-state index >= 15 is 0 Å². The number of rotatable bonds is 7. The number of nitrogens with zero attached hydrogens (tertiary/aromatic N) is 7. The Bertz CT molecular complexity index is 1110. The van der Waals surface area contributed by atoms with E-state index in [1.807, 2.05) is 0 Å². The Morgan fingerprint density at radius 3 is 2.56 bits per heavy atom. The van der Waals surface area contributed by atoms with Crippen LogP contribution in [0.4, 0.5) is 11.9 Å². The van der Waals surface area contributed by atoms with Crippen LogP contribution in [0.2, 0.25) is 0 Å². The lowest BCUT2D eigenvalue weighted by molar-refractivity contribution is 0.00765. The van der Waals surface area contributed by atoms with Gasteiger partial charge in [-0.15, -0.1) is 0 Å². The molecule has 0 aliphatic carbocycles. The Hall–Kier alpha value is -2.31. The number of hydrogen-bond donors (Lipinski definition) is 0. The minimum atomic E-state index is -3.19. The van der Waals surface area contributed by atoms with Gasteiger partial charge in [0.05, 0.1) is 24.7 Å². The molecule has 2 aromatic heterocycles. The fourth-order valence-electron chi connectivity index (χ4n) is 4.58. The summed E-state index contributed by atoms with van der Waals surface area (Å²) in [6.07, 6.45) is 5.94. The number of piperidine rings is 1. The van der Waals surface area contributed by atoms with Crippen LogP contribution in [0.5, 0.6) is 0 Å². The first-order valence-electron chi connectivity index (χ1n) is 12.0. The van der Waals surface area contributed by atoms with Crippen LogP contribution in [-0.2, 0) is 27.7 Å². The van der Waals surface area contributed by atoms with Crippen LogP contribution in [0.15, 0.2) is 10.7 Å². The molecule has 3 aliphatic heterocycles. The lowest BCUT2D eigenvalue weighted by atomic mass is 9.98. The van der Waals surface area contributed by atoms with Crippen molar-refractivity contribution in [2.75, 3.05) is 55.4 Å². The molecule has 186 valence electrons. The van der Waals surface area contributed by atoms with E-state index < -0.39 is 10.0 Å². The number of fused-ring (bicyclic) bond motifs is 1. The molecule has 12 heteroatoms. The Balaban J connectivity index is 1.05. The van der Waals surface area contributed by atoms with Crippen molar-refractivity contribution in [1.82, 2.24) is 24.4 Å². The summed E-state index contributed by atoms with van der Waals surface area (Å²) >= 11 is 0. The van der Waals surface area contributed by atoms with Crippen molar-refractivity contribution >= 4 is 21.9 Å². The van der Waals surface area contributed by atoms with E-state index in [-0.39, 0.29) is 12.0 Å². The maximum absolute atomic E-state index is 11.8. The summed E-state index contributed by atoms with van der Waals surface area (Å²) in [6.45, 7) is 9.10. The van der Waals surface area contributed by atoms with Gasteiger partial charge in [0.1, 0.15) is 0 Å². The summed E-state index contributed by atoms with van der Waals surface area (Å²) in [7, 11) is -3.19. The molecule has 0 N–H and O–H groups in total. The molecule has 2 saturated heterocycles. The zero-order valence-corrected chi connectivity index (χ0v) is 20.9. The Morgan fingerprint density at radius 1 is 1.12 bits per heavy atom. The summed E-state index contributed by atoms with van der Waals surface area (Å²) in [5.74, 6) is 2.88. The van der Waals surface area contributed by atoms with Crippen molar-refractivity contribution in [1.29, 1.82) is 0 Å². The summed E-state index contributed by atoms with van der Waals surface area (Å²) in [4.78, 5) is 18.0. The lowest BCUT2D eigenvalue weighted by Crippen LogP contribution is -2.53. The smallest absolute Gasteiger partial charge is 0.266 e. The zero-order chi connectivity index (χ0) is 23.9. The van der Waals surface area contributed by atoms with Crippen LogP contribution < -0.4 is 9.80 Å². The highest BCUT2D eigenvalue weighted by Crippen LogP contribution is 2.26.